The van der Waals surface area contributed by atoms with E-state index in [4.69, 9.17) is 4.74 Å². The van der Waals surface area contributed by atoms with Gasteiger partial charge in [-0.1, -0.05) is 13.0 Å². The van der Waals surface area contributed by atoms with Crippen molar-refractivity contribution in [3.63, 3.8) is 0 Å². The topological polar surface area (TPSA) is 57.7 Å². The molecule has 1 aromatic heterocycles. The van der Waals surface area contributed by atoms with Gasteiger partial charge >= 0.3 is 0 Å². The standard InChI is InChI=1S/C20H28N4O2S/c1-5-17-13-21-20(27-17)24-10-8-23(9-11-24)14(2)16-6-7-19(26-4)18(12-16)22-15(3)25/h6-7,12-14H,5,8-11H2,1-4H3,(H,22,25). The zero-order valence-electron chi connectivity index (χ0n) is 16.5. The van der Waals surface area contributed by atoms with Gasteiger partial charge in [-0.15, -0.1) is 11.3 Å². The average Bonchev–Trinajstić information content (AvgIpc) is 3.16. The fourth-order valence-corrected chi connectivity index (χ4v) is 4.29. The molecule has 2 heterocycles. The largest absolute Gasteiger partial charge is 0.495 e. The molecule has 1 aromatic carbocycles. The number of rotatable bonds is 6. The monoisotopic (exact) mass is 388 g/mol. The van der Waals surface area contributed by atoms with E-state index >= 15 is 0 Å². The van der Waals surface area contributed by atoms with Gasteiger partial charge in [-0.2, -0.15) is 0 Å². The third-order valence-corrected chi connectivity index (χ3v) is 6.24. The number of thiazole rings is 1. The normalized spacial score (nSPS) is 16.2. The summed E-state index contributed by atoms with van der Waals surface area (Å²) >= 11 is 1.80. The predicted molar refractivity (Wildman–Crippen MR) is 111 cm³/mol. The Balaban J connectivity index is 1.66. The van der Waals surface area contributed by atoms with Crippen molar-refractivity contribution >= 4 is 28.1 Å². The predicted octanol–water partition coefficient (Wildman–Crippen LogP) is 3.56. The molecule has 146 valence electrons. The lowest BCUT2D eigenvalue weighted by atomic mass is 10.0. The molecule has 1 saturated heterocycles. The highest BCUT2D eigenvalue weighted by Gasteiger charge is 2.24. The average molecular weight is 389 g/mol. The fourth-order valence-electron chi connectivity index (χ4n) is 3.39. The Morgan fingerprint density at radius 3 is 2.67 bits per heavy atom. The van der Waals surface area contributed by atoms with Gasteiger partial charge in [-0.3, -0.25) is 9.69 Å². The van der Waals surface area contributed by atoms with Crippen LogP contribution < -0.4 is 15.0 Å². The van der Waals surface area contributed by atoms with Crippen LogP contribution in [0.25, 0.3) is 0 Å². The van der Waals surface area contributed by atoms with E-state index in [0.29, 0.717) is 5.75 Å². The maximum Gasteiger partial charge on any atom is 0.221 e. The van der Waals surface area contributed by atoms with Gasteiger partial charge in [0, 0.05) is 50.2 Å². The number of anilines is 2. The van der Waals surface area contributed by atoms with Gasteiger partial charge in [-0.05, 0) is 31.0 Å². The van der Waals surface area contributed by atoms with Gasteiger partial charge in [-0.25, -0.2) is 4.98 Å². The lowest BCUT2D eigenvalue weighted by Crippen LogP contribution is -2.47. The van der Waals surface area contributed by atoms with Crippen LogP contribution in [0.2, 0.25) is 0 Å². The first kappa shape index (κ1) is 19.6. The Labute approximate surface area is 165 Å². The Morgan fingerprint density at radius 1 is 1.33 bits per heavy atom. The summed E-state index contributed by atoms with van der Waals surface area (Å²) in [4.78, 5) is 22.2. The molecule has 1 N–H and O–H groups in total. The summed E-state index contributed by atoms with van der Waals surface area (Å²) in [6, 6.07) is 6.30. The summed E-state index contributed by atoms with van der Waals surface area (Å²) in [6.45, 7) is 9.84. The van der Waals surface area contributed by atoms with E-state index in [1.165, 1.54) is 17.4 Å². The number of ether oxygens (including phenoxy) is 1. The van der Waals surface area contributed by atoms with Gasteiger partial charge < -0.3 is 15.0 Å². The van der Waals surface area contributed by atoms with Crippen molar-refractivity contribution in [3.05, 3.63) is 34.8 Å². The molecular formula is C20H28N4O2S. The van der Waals surface area contributed by atoms with Gasteiger partial charge in [0.2, 0.25) is 5.91 Å². The number of nitrogens with one attached hydrogen (secondary N) is 1. The SMILES string of the molecule is CCc1cnc(N2CCN(C(C)c3ccc(OC)c(NC(C)=O)c3)CC2)s1. The van der Waals surface area contributed by atoms with Crippen LogP contribution >= 0.6 is 11.3 Å². The van der Waals surface area contributed by atoms with Crippen molar-refractivity contribution in [2.45, 2.75) is 33.2 Å². The van der Waals surface area contributed by atoms with Crippen molar-refractivity contribution in [3.8, 4) is 5.75 Å². The quantitative estimate of drug-likeness (QED) is 0.820. The summed E-state index contributed by atoms with van der Waals surface area (Å²) in [7, 11) is 1.62. The number of aromatic nitrogens is 1. The summed E-state index contributed by atoms with van der Waals surface area (Å²) < 4.78 is 5.36. The van der Waals surface area contributed by atoms with Crippen molar-refractivity contribution < 1.29 is 9.53 Å². The highest BCUT2D eigenvalue weighted by molar-refractivity contribution is 7.15. The van der Waals surface area contributed by atoms with E-state index in [1.54, 1.807) is 18.4 Å². The van der Waals surface area contributed by atoms with Gasteiger partial charge in [0.1, 0.15) is 5.75 Å². The molecule has 0 saturated carbocycles. The molecule has 1 amide bonds. The maximum absolute atomic E-state index is 11.5. The zero-order chi connectivity index (χ0) is 19.4. The van der Waals surface area contributed by atoms with Crippen LogP contribution in [-0.4, -0.2) is 49.1 Å². The summed E-state index contributed by atoms with van der Waals surface area (Å²) in [5, 5.41) is 4.00. The molecule has 0 radical (unpaired) electrons. The molecule has 0 aliphatic carbocycles. The molecule has 0 bridgehead atoms. The molecule has 7 heteroatoms. The van der Waals surface area contributed by atoms with Crippen molar-refractivity contribution in [2.75, 3.05) is 43.5 Å². The molecule has 1 unspecified atom stereocenters. The number of carbonyl (C=O) groups excluding carboxylic acids is 1. The second-order valence-corrected chi connectivity index (χ2v) is 7.90. The number of nitrogens with zero attached hydrogens (tertiary/aromatic N) is 3. The van der Waals surface area contributed by atoms with Crippen LogP contribution in [0.15, 0.2) is 24.4 Å². The number of piperazine rings is 1. The molecule has 1 aliphatic heterocycles. The number of amides is 1. The lowest BCUT2D eigenvalue weighted by molar-refractivity contribution is -0.114. The molecule has 2 aromatic rings. The minimum absolute atomic E-state index is 0.0957. The minimum atomic E-state index is -0.0957. The molecule has 1 aliphatic rings. The number of methoxy groups -OCH3 is 1. The number of hydrogen-bond donors (Lipinski definition) is 1. The lowest BCUT2D eigenvalue weighted by Gasteiger charge is -2.38. The number of benzene rings is 1. The highest BCUT2D eigenvalue weighted by Crippen LogP contribution is 2.31. The molecule has 3 rings (SSSR count). The van der Waals surface area contributed by atoms with E-state index in [2.05, 4.69) is 40.0 Å². The van der Waals surface area contributed by atoms with Crippen LogP contribution in [0.3, 0.4) is 0 Å². The molecule has 1 atom stereocenters. The van der Waals surface area contributed by atoms with Gasteiger partial charge in [0.05, 0.1) is 12.8 Å². The smallest absolute Gasteiger partial charge is 0.221 e. The highest BCUT2D eigenvalue weighted by atomic mass is 32.1. The third-order valence-electron chi connectivity index (χ3n) is 5.04. The van der Waals surface area contributed by atoms with E-state index in [0.717, 1.165) is 43.4 Å². The van der Waals surface area contributed by atoms with Gasteiger partial charge in [0.15, 0.2) is 5.13 Å². The van der Waals surface area contributed by atoms with Gasteiger partial charge in [0.25, 0.3) is 0 Å². The minimum Gasteiger partial charge on any atom is -0.495 e. The van der Waals surface area contributed by atoms with E-state index in [-0.39, 0.29) is 11.9 Å². The first-order chi connectivity index (χ1) is 13.0. The number of carbonyl (C=O) groups is 1. The fraction of sp³-hybridized carbons (Fsp3) is 0.500. The van der Waals surface area contributed by atoms with E-state index in [9.17, 15) is 4.79 Å². The zero-order valence-corrected chi connectivity index (χ0v) is 17.3. The van der Waals surface area contributed by atoms with Crippen molar-refractivity contribution in [1.82, 2.24) is 9.88 Å². The van der Waals surface area contributed by atoms with Crippen LogP contribution in [-0.2, 0) is 11.2 Å². The summed E-state index contributed by atoms with van der Waals surface area (Å²) in [5.74, 6) is 0.586. The Morgan fingerprint density at radius 2 is 2.07 bits per heavy atom. The molecule has 1 fully saturated rings. The molecular weight excluding hydrogens is 360 g/mol. The van der Waals surface area contributed by atoms with Crippen molar-refractivity contribution in [1.29, 1.82) is 0 Å². The van der Waals surface area contributed by atoms with Crippen LogP contribution in [0, 0.1) is 0 Å². The van der Waals surface area contributed by atoms with Crippen LogP contribution in [0.5, 0.6) is 5.75 Å². The Kier molecular flexibility index (Phi) is 6.34. The Bertz CT molecular complexity index is 784. The summed E-state index contributed by atoms with van der Waals surface area (Å²) in [6.07, 6.45) is 3.04. The first-order valence-electron chi connectivity index (χ1n) is 9.41. The second kappa shape index (κ2) is 8.71. The molecule has 0 spiro atoms. The molecule has 6 nitrogen and oxygen atoms in total. The van der Waals surface area contributed by atoms with Crippen LogP contribution in [0.1, 0.15) is 37.3 Å². The third kappa shape index (κ3) is 4.59. The second-order valence-electron chi connectivity index (χ2n) is 6.80. The van der Waals surface area contributed by atoms with E-state index < -0.39 is 0 Å². The maximum atomic E-state index is 11.5. The number of aryl methyl sites for hydroxylation is 1. The van der Waals surface area contributed by atoms with Crippen LogP contribution in [0.4, 0.5) is 10.8 Å². The summed E-state index contributed by atoms with van der Waals surface area (Å²) in [5.41, 5.74) is 1.90. The van der Waals surface area contributed by atoms with Crippen molar-refractivity contribution in [2.24, 2.45) is 0 Å². The number of hydrogen-bond acceptors (Lipinski definition) is 6. The molecule has 27 heavy (non-hydrogen) atoms. The van der Waals surface area contributed by atoms with E-state index in [1.807, 2.05) is 18.3 Å². The first-order valence-corrected chi connectivity index (χ1v) is 10.2. The Hall–Kier alpha value is -2.12.